The molecule has 5 N–H and O–H groups in total. The standard InChI is InChI=1S/C6H12N2O7P2/c1-2-4-3-5(8-15-4)7-6(16(9,10)11)17(12,13)14/h3,6H,2H2,1H3,(H,7,8)(H2,9,10,11)(H2,12,13,14). The van der Waals surface area contributed by atoms with E-state index in [1.807, 2.05) is 5.32 Å². The van der Waals surface area contributed by atoms with Crippen molar-refractivity contribution in [2.24, 2.45) is 0 Å². The third-order valence-corrected chi connectivity index (χ3v) is 5.16. The van der Waals surface area contributed by atoms with E-state index < -0.39 is 20.7 Å². The highest BCUT2D eigenvalue weighted by Crippen LogP contribution is 2.59. The predicted octanol–water partition coefficient (Wildman–Crippen LogP) is 0.288. The molecule has 0 aliphatic heterocycles. The first-order valence-electron chi connectivity index (χ1n) is 4.47. The van der Waals surface area contributed by atoms with Crippen molar-refractivity contribution in [3.05, 3.63) is 11.8 Å². The minimum atomic E-state index is -5.02. The lowest BCUT2D eigenvalue weighted by atomic mass is 10.4. The Bertz CT molecular complexity index is 452. The van der Waals surface area contributed by atoms with Crippen LogP contribution >= 0.6 is 15.2 Å². The summed E-state index contributed by atoms with van der Waals surface area (Å²) in [4.78, 5) is 35.3. The Morgan fingerprint density at radius 2 is 1.88 bits per heavy atom. The summed E-state index contributed by atoms with van der Waals surface area (Å²) < 4.78 is 26.6. The first-order valence-corrected chi connectivity index (χ1v) is 7.83. The molecule has 0 aliphatic rings. The van der Waals surface area contributed by atoms with Gasteiger partial charge in [0.1, 0.15) is 5.76 Å². The minimum absolute atomic E-state index is 0.140. The quantitative estimate of drug-likeness (QED) is 0.480. The van der Waals surface area contributed by atoms with Gasteiger partial charge in [-0.05, 0) is 0 Å². The first-order chi connectivity index (χ1) is 7.64. The molecule has 0 atom stereocenters. The third-order valence-electron chi connectivity index (χ3n) is 1.82. The van der Waals surface area contributed by atoms with Crippen molar-refractivity contribution in [3.8, 4) is 0 Å². The first kappa shape index (κ1) is 14.4. The summed E-state index contributed by atoms with van der Waals surface area (Å²) in [7, 11) is -10.0. The highest BCUT2D eigenvalue weighted by atomic mass is 31.2. The Hall–Kier alpha value is -0.690. The summed E-state index contributed by atoms with van der Waals surface area (Å²) in [6, 6.07) is 1.30. The van der Waals surface area contributed by atoms with Crippen LogP contribution in [0.15, 0.2) is 10.6 Å². The summed E-state index contributed by atoms with van der Waals surface area (Å²) in [6.45, 7) is 1.76. The van der Waals surface area contributed by atoms with Crippen LogP contribution in [-0.4, -0.2) is 30.3 Å². The van der Waals surface area contributed by atoms with Crippen LogP contribution < -0.4 is 5.32 Å². The van der Waals surface area contributed by atoms with Gasteiger partial charge in [-0.1, -0.05) is 12.1 Å². The van der Waals surface area contributed by atoms with Crippen molar-refractivity contribution in [2.45, 2.75) is 18.9 Å². The van der Waals surface area contributed by atoms with Crippen LogP contribution in [0.3, 0.4) is 0 Å². The van der Waals surface area contributed by atoms with E-state index in [9.17, 15) is 9.13 Å². The molecule has 0 fully saturated rings. The molecule has 11 heteroatoms. The Morgan fingerprint density at radius 3 is 2.24 bits per heavy atom. The van der Waals surface area contributed by atoms with Gasteiger partial charge < -0.3 is 29.4 Å². The molecular formula is C6H12N2O7P2. The van der Waals surface area contributed by atoms with Gasteiger partial charge in [-0.15, -0.1) is 0 Å². The molecule has 1 aromatic heterocycles. The molecule has 1 rings (SSSR count). The van der Waals surface area contributed by atoms with Crippen molar-refractivity contribution >= 4 is 21.0 Å². The van der Waals surface area contributed by atoms with Crippen LogP contribution in [0.1, 0.15) is 12.7 Å². The number of rotatable bonds is 5. The molecule has 0 radical (unpaired) electrons. The van der Waals surface area contributed by atoms with Gasteiger partial charge >= 0.3 is 15.2 Å². The number of aryl methyl sites for hydroxylation is 1. The predicted molar refractivity (Wildman–Crippen MR) is 57.4 cm³/mol. The smallest absolute Gasteiger partial charge is 0.359 e. The van der Waals surface area contributed by atoms with Crippen LogP contribution in [0.5, 0.6) is 0 Å². The molecule has 0 saturated heterocycles. The number of nitrogens with one attached hydrogen (secondary N) is 1. The molecule has 0 aliphatic carbocycles. The lowest BCUT2D eigenvalue weighted by Crippen LogP contribution is -2.20. The summed E-state index contributed by atoms with van der Waals surface area (Å²) >= 11 is 0. The van der Waals surface area contributed by atoms with Gasteiger partial charge in [0.05, 0.1) is 0 Å². The van der Waals surface area contributed by atoms with Gasteiger partial charge in [0.15, 0.2) is 5.82 Å². The molecule has 0 saturated carbocycles. The van der Waals surface area contributed by atoms with Gasteiger partial charge in [0.25, 0.3) is 0 Å². The largest absolute Gasteiger partial charge is 0.360 e. The number of hydrogen-bond donors (Lipinski definition) is 5. The SMILES string of the molecule is CCc1cc(NC(P(=O)(O)O)P(=O)(O)O)no1. The molecule has 1 heterocycles. The average molecular weight is 286 g/mol. The third kappa shape index (κ3) is 3.92. The molecule has 9 nitrogen and oxygen atoms in total. The fourth-order valence-electron chi connectivity index (χ4n) is 1.04. The zero-order valence-corrected chi connectivity index (χ0v) is 10.5. The van der Waals surface area contributed by atoms with Gasteiger partial charge in [0, 0.05) is 12.5 Å². The van der Waals surface area contributed by atoms with Crippen molar-refractivity contribution in [1.29, 1.82) is 0 Å². The topological polar surface area (TPSA) is 153 Å². The van der Waals surface area contributed by atoms with Crippen LogP contribution in [0, 0.1) is 0 Å². The zero-order valence-electron chi connectivity index (χ0n) is 8.72. The summed E-state index contributed by atoms with van der Waals surface area (Å²) in [5.41, 5.74) is -2.33. The Labute approximate surface area is 96.1 Å². The maximum atomic E-state index is 10.9. The fraction of sp³-hybridized carbons (Fsp3) is 0.500. The maximum absolute atomic E-state index is 10.9. The molecule has 0 unspecified atom stereocenters. The van der Waals surface area contributed by atoms with Crippen LogP contribution in [0.25, 0.3) is 0 Å². The molecule has 17 heavy (non-hydrogen) atoms. The van der Waals surface area contributed by atoms with Crippen molar-refractivity contribution < 1.29 is 33.2 Å². The minimum Gasteiger partial charge on any atom is -0.359 e. The van der Waals surface area contributed by atoms with E-state index in [1.54, 1.807) is 6.92 Å². The average Bonchev–Trinajstić information content (AvgIpc) is 2.58. The molecule has 0 spiro atoms. The van der Waals surface area contributed by atoms with E-state index >= 15 is 0 Å². The van der Waals surface area contributed by atoms with Crippen molar-refractivity contribution in [3.63, 3.8) is 0 Å². The molecular weight excluding hydrogens is 274 g/mol. The monoisotopic (exact) mass is 286 g/mol. The highest BCUT2D eigenvalue weighted by molar-refractivity contribution is 7.71. The van der Waals surface area contributed by atoms with Crippen LogP contribution in [0.4, 0.5) is 5.82 Å². The molecule has 0 aromatic carbocycles. The Balaban J connectivity index is 2.95. The zero-order chi connectivity index (χ0) is 13.3. The number of hydrogen-bond acceptors (Lipinski definition) is 5. The molecule has 1 aromatic rings. The van der Waals surface area contributed by atoms with Crippen molar-refractivity contribution in [2.75, 3.05) is 5.32 Å². The number of anilines is 1. The van der Waals surface area contributed by atoms with Crippen LogP contribution in [-0.2, 0) is 15.6 Å². The van der Waals surface area contributed by atoms with Gasteiger partial charge in [0.2, 0.25) is 5.52 Å². The number of nitrogens with zero attached hydrogens (tertiary/aromatic N) is 1. The second-order valence-corrected chi connectivity index (χ2v) is 7.02. The second-order valence-electron chi connectivity index (χ2n) is 3.23. The van der Waals surface area contributed by atoms with E-state index in [0.29, 0.717) is 12.2 Å². The van der Waals surface area contributed by atoms with Crippen LogP contribution in [0.2, 0.25) is 0 Å². The van der Waals surface area contributed by atoms with E-state index in [-0.39, 0.29) is 5.82 Å². The Morgan fingerprint density at radius 1 is 1.35 bits per heavy atom. The lowest BCUT2D eigenvalue weighted by molar-refractivity contribution is 0.343. The summed E-state index contributed by atoms with van der Waals surface area (Å²) in [6.07, 6.45) is 0.491. The lowest BCUT2D eigenvalue weighted by Gasteiger charge is -2.19. The Kier molecular flexibility index (Phi) is 4.14. The van der Waals surface area contributed by atoms with E-state index in [4.69, 9.17) is 24.1 Å². The molecule has 98 valence electrons. The molecule has 0 amide bonds. The summed E-state index contributed by atoms with van der Waals surface area (Å²) in [5.74, 6) is 0.279. The number of aromatic nitrogens is 1. The van der Waals surface area contributed by atoms with Gasteiger partial charge in [-0.3, -0.25) is 9.13 Å². The molecule has 0 bridgehead atoms. The van der Waals surface area contributed by atoms with Crippen molar-refractivity contribution in [1.82, 2.24) is 5.16 Å². The van der Waals surface area contributed by atoms with E-state index in [2.05, 4.69) is 5.16 Å². The summed E-state index contributed by atoms with van der Waals surface area (Å²) in [5, 5.41) is 5.36. The van der Waals surface area contributed by atoms with Gasteiger partial charge in [-0.2, -0.15) is 0 Å². The highest BCUT2D eigenvalue weighted by Gasteiger charge is 2.44. The normalized spacial score (nSPS) is 13.1. The second kappa shape index (κ2) is 4.89. The van der Waals surface area contributed by atoms with E-state index in [1.165, 1.54) is 6.07 Å². The van der Waals surface area contributed by atoms with E-state index in [0.717, 1.165) is 0 Å². The fourth-order valence-corrected chi connectivity index (χ4v) is 3.21. The van der Waals surface area contributed by atoms with Gasteiger partial charge in [-0.25, -0.2) is 0 Å². The maximum Gasteiger partial charge on any atom is 0.360 e.